The molecular formula is C28H40N6O7. The van der Waals surface area contributed by atoms with Crippen LogP contribution in [0.25, 0.3) is 0 Å². The van der Waals surface area contributed by atoms with Gasteiger partial charge in [0.2, 0.25) is 17.7 Å². The number of nitrogens with one attached hydrogen (secondary N) is 4. The average molecular weight is 573 g/mol. The predicted octanol–water partition coefficient (Wildman–Crippen LogP) is 0.941. The van der Waals surface area contributed by atoms with Crippen LogP contribution in [0, 0.1) is 5.92 Å². The Morgan fingerprint density at radius 1 is 0.902 bits per heavy atom. The molecule has 6 amide bonds. The number of hydrogen-bond acceptors (Lipinski definition) is 8. The summed E-state index contributed by atoms with van der Waals surface area (Å²) in [6.07, 6.45) is 3.84. The van der Waals surface area contributed by atoms with Gasteiger partial charge in [-0.05, 0) is 43.4 Å². The summed E-state index contributed by atoms with van der Waals surface area (Å²) >= 11 is 0. The molecule has 0 saturated carbocycles. The molecule has 0 saturated heterocycles. The second-order valence-corrected chi connectivity index (χ2v) is 9.97. The molecule has 0 aliphatic carbocycles. The van der Waals surface area contributed by atoms with Gasteiger partial charge in [0.25, 0.3) is 11.8 Å². The second kappa shape index (κ2) is 16.8. The lowest BCUT2D eigenvalue weighted by atomic mass is 10.0. The Bertz CT molecular complexity index is 1100. The fourth-order valence-electron chi connectivity index (χ4n) is 3.84. The van der Waals surface area contributed by atoms with Crippen LogP contribution in [0.15, 0.2) is 36.4 Å². The van der Waals surface area contributed by atoms with E-state index in [0.29, 0.717) is 44.6 Å². The molecule has 0 radical (unpaired) electrons. The van der Waals surface area contributed by atoms with Crippen molar-refractivity contribution in [3.8, 4) is 0 Å². The zero-order chi connectivity index (χ0) is 30.4. The number of amides is 6. The molecule has 1 aliphatic heterocycles. The molecule has 224 valence electrons. The number of rotatable bonds is 16. The second-order valence-electron chi connectivity index (χ2n) is 9.97. The number of hydrogen-bond donors (Lipinski definition) is 5. The number of ether oxygens (including phenoxy) is 1. The summed E-state index contributed by atoms with van der Waals surface area (Å²) in [4.78, 5) is 73.8. The highest BCUT2D eigenvalue weighted by atomic mass is 16.5. The fourth-order valence-corrected chi connectivity index (χ4v) is 3.84. The van der Waals surface area contributed by atoms with Gasteiger partial charge in [-0.1, -0.05) is 32.4 Å². The van der Waals surface area contributed by atoms with Gasteiger partial charge in [0.1, 0.15) is 18.7 Å². The van der Waals surface area contributed by atoms with Crippen molar-refractivity contribution < 1.29 is 33.5 Å². The molecule has 13 nitrogen and oxygen atoms in total. The minimum Gasteiger partial charge on any atom is -0.445 e. The van der Waals surface area contributed by atoms with Crippen LogP contribution in [0.2, 0.25) is 0 Å². The first kappa shape index (κ1) is 32.9. The summed E-state index contributed by atoms with van der Waals surface area (Å²) in [5.41, 5.74) is 6.53. The summed E-state index contributed by atoms with van der Waals surface area (Å²) in [6, 6.07) is 4.99. The topological polar surface area (TPSA) is 189 Å². The molecule has 1 aliphatic rings. The Labute approximate surface area is 239 Å². The Kier molecular flexibility index (Phi) is 13.5. The van der Waals surface area contributed by atoms with Gasteiger partial charge >= 0.3 is 6.09 Å². The Morgan fingerprint density at radius 2 is 1.56 bits per heavy atom. The van der Waals surface area contributed by atoms with Crippen molar-refractivity contribution in [1.29, 1.82) is 0 Å². The van der Waals surface area contributed by atoms with Crippen molar-refractivity contribution in [2.75, 3.05) is 25.0 Å². The van der Waals surface area contributed by atoms with Gasteiger partial charge in [-0.15, -0.1) is 0 Å². The van der Waals surface area contributed by atoms with E-state index in [1.807, 2.05) is 0 Å². The quantitative estimate of drug-likeness (QED) is 0.143. The summed E-state index contributed by atoms with van der Waals surface area (Å²) in [7, 11) is 0. The number of benzene rings is 1. The Morgan fingerprint density at radius 3 is 2.17 bits per heavy atom. The number of nitrogens with zero attached hydrogens (tertiary/aromatic N) is 1. The zero-order valence-corrected chi connectivity index (χ0v) is 23.7. The highest BCUT2D eigenvalue weighted by molar-refractivity contribution is 6.12. The number of carbonyl (C=O) groups is 6. The molecule has 41 heavy (non-hydrogen) atoms. The molecule has 1 heterocycles. The van der Waals surface area contributed by atoms with Crippen LogP contribution in [0.3, 0.4) is 0 Å². The van der Waals surface area contributed by atoms with E-state index in [4.69, 9.17) is 10.5 Å². The highest BCUT2D eigenvalue weighted by Crippen LogP contribution is 2.12. The maximum atomic E-state index is 12.9. The van der Waals surface area contributed by atoms with Crippen LogP contribution in [-0.2, 0) is 35.3 Å². The van der Waals surface area contributed by atoms with E-state index < -0.39 is 30.0 Å². The zero-order valence-electron chi connectivity index (χ0n) is 23.7. The first-order valence-corrected chi connectivity index (χ1v) is 13.7. The summed E-state index contributed by atoms with van der Waals surface area (Å²) in [6.45, 7) is 6.11. The van der Waals surface area contributed by atoms with E-state index in [-0.39, 0.29) is 36.7 Å². The maximum absolute atomic E-state index is 12.9. The molecular weight excluding hydrogens is 532 g/mol. The van der Waals surface area contributed by atoms with Gasteiger partial charge < -0.3 is 31.7 Å². The van der Waals surface area contributed by atoms with Crippen LogP contribution >= 0.6 is 0 Å². The van der Waals surface area contributed by atoms with Crippen molar-refractivity contribution in [1.82, 2.24) is 20.9 Å². The lowest BCUT2D eigenvalue weighted by Gasteiger charge is -2.24. The van der Waals surface area contributed by atoms with Crippen molar-refractivity contribution in [2.24, 2.45) is 11.7 Å². The minimum atomic E-state index is -0.875. The molecule has 6 N–H and O–H groups in total. The predicted molar refractivity (Wildman–Crippen MR) is 151 cm³/mol. The summed E-state index contributed by atoms with van der Waals surface area (Å²) in [5, 5.41) is 10.6. The van der Waals surface area contributed by atoms with Crippen LogP contribution in [0.1, 0.15) is 52.0 Å². The van der Waals surface area contributed by atoms with E-state index in [9.17, 15) is 28.8 Å². The van der Waals surface area contributed by atoms with Gasteiger partial charge in [-0.3, -0.25) is 28.9 Å². The van der Waals surface area contributed by atoms with Crippen molar-refractivity contribution in [3.05, 3.63) is 42.0 Å². The van der Waals surface area contributed by atoms with Crippen LogP contribution < -0.4 is 27.0 Å². The third-order valence-electron chi connectivity index (χ3n) is 6.21. The van der Waals surface area contributed by atoms with E-state index >= 15 is 0 Å². The standard InChI is InChI=1S/C28H40N6O7/c1-18(2)25(33-22(35)7-5-4-6-16-34-23(36)12-13-24(34)37)27(39)31-19(3)26(38)32-21-10-8-20(9-11-21)17-41-28(40)30-15-14-29/h8-13,18-19,25H,4-7,14-17,29H2,1-3H3,(H,30,40)(H,31,39)(H,32,38)(H,33,35)/t19-,25-/m0/s1. The van der Waals surface area contributed by atoms with Crippen LogP contribution in [0.4, 0.5) is 10.5 Å². The first-order chi connectivity index (χ1) is 19.5. The normalized spacial score (nSPS) is 14.0. The fraction of sp³-hybridized carbons (Fsp3) is 0.500. The Hall–Kier alpha value is -4.26. The number of carbonyl (C=O) groups excluding carboxylic acids is 6. The number of imide groups is 1. The van der Waals surface area contributed by atoms with Gasteiger partial charge in [-0.2, -0.15) is 0 Å². The molecule has 1 aromatic rings. The number of anilines is 1. The van der Waals surface area contributed by atoms with Crippen LogP contribution in [-0.4, -0.2) is 72.2 Å². The maximum Gasteiger partial charge on any atom is 0.407 e. The van der Waals surface area contributed by atoms with Crippen molar-refractivity contribution >= 4 is 41.3 Å². The number of alkyl carbamates (subject to hydrolysis) is 1. The van der Waals surface area contributed by atoms with Gasteiger partial charge in [0.05, 0.1) is 0 Å². The molecule has 0 fully saturated rings. The molecule has 0 bridgehead atoms. The van der Waals surface area contributed by atoms with E-state index in [2.05, 4.69) is 21.3 Å². The molecule has 13 heteroatoms. The summed E-state index contributed by atoms with van der Waals surface area (Å²) < 4.78 is 5.06. The molecule has 0 unspecified atom stereocenters. The van der Waals surface area contributed by atoms with Crippen molar-refractivity contribution in [3.63, 3.8) is 0 Å². The van der Waals surface area contributed by atoms with E-state index in [1.54, 1.807) is 45.0 Å². The largest absolute Gasteiger partial charge is 0.445 e. The van der Waals surface area contributed by atoms with Crippen molar-refractivity contribution in [2.45, 2.75) is 65.1 Å². The number of unbranched alkanes of at least 4 members (excludes halogenated alkanes) is 2. The molecule has 0 aromatic heterocycles. The van der Waals surface area contributed by atoms with Gasteiger partial charge in [-0.25, -0.2) is 4.79 Å². The first-order valence-electron chi connectivity index (χ1n) is 13.7. The van der Waals surface area contributed by atoms with Gasteiger partial charge in [0.15, 0.2) is 0 Å². The highest BCUT2D eigenvalue weighted by Gasteiger charge is 2.27. The van der Waals surface area contributed by atoms with Crippen LogP contribution in [0.5, 0.6) is 0 Å². The average Bonchev–Trinajstić information content (AvgIpc) is 3.26. The molecule has 1 aromatic carbocycles. The smallest absolute Gasteiger partial charge is 0.407 e. The monoisotopic (exact) mass is 572 g/mol. The lowest BCUT2D eigenvalue weighted by molar-refractivity contribution is -0.137. The molecule has 2 atom stereocenters. The lowest BCUT2D eigenvalue weighted by Crippen LogP contribution is -2.53. The molecule has 2 rings (SSSR count). The number of nitrogens with two attached hydrogens (primary N) is 1. The minimum absolute atomic E-state index is 0.0533. The molecule has 0 spiro atoms. The third-order valence-corrected chi connectivity index (χ3v) is 6.21. The van der Waals surface area contributed by atoms with E-state index in [0.717, 1.165) is 10.5 Å². The van der Waals surface area contributed by atoms with Gasteiger partial charge in [0, 0.05) is 43.9 Å². The summed E-state index contributed by atoms with van der Waals surface area (Å²) in [5.74, 6) is -2.09. The van der Waals surface area contributed by atoms with E-state index in [1.165, 1.54) is 12.2 Å². The Balaban J connectivity index is 1.74. The SMILES string of the molecule is CC(C)[C@H](NC(=O)CCCCCN1C(=O)C=CC1=O)C(=O)N[C@@H](C)C(=O)Nc1ccc(COC(=O)NCCN)cc1. The third kappa shape index (κ3) is 11.4.